The van der Waals surface area contributed by atoms with Gasteiger partial charge in [-0.1, -0.05) is 121 Å². The Morgan fingerprint density at radius 2 is 1.19 bits per heavy atom. The van der Waals surface area contributed by atoms with E-state index in [-0.39, 0.29) is 5.78 Å². The van der Waals surface area contributed by atoms with Gasteiger partial charge in [-0.15, -0.1) is 0 Å². The van der Waals surface area contributed by atoms with E-state index in [1.54, 1.807) is 24.3 Å². The van der Waals surface area contributed by atoms with E-state index in [0.29, 0.717) is 11.1 Å². The van der Waals surface area contributed by atoms with Gasteiger partial charge >= 0.3 is 0 Å². The van der Waals surface area contributed by atoms with Crippen molar-refractivity contribution in [2.45, 2.75) is 110 Å². The summed E-state index contributed by atoms with van der Waals surface area (Å²) in [5.74, 6) is 0.766. The lowest BCUT2D eigenvalue weighted by atomic mass is 10.0. The first-order valence-electron chi connectivity index (χ1n) is 14.7. The van der Waals surface area contributed by atoms with Crippen molar-refractivity contribution in [2.24, 2.45) is 0 Å². The van der Waals surface area contributed by atoms with E-state index in [0.717, 1.165) is 24.3 Å². The van der Waals surface area contributed by atoms with Gasteiger partial charge in [-0.25, -0.2) is 0 Å². The summed E-state index contributed by atoms with van der Waals surface area (Å²) >= 11 is 0. The number of nitriles is 1. The summed E-state index contributed by atoms with van der Waals surface area (Å²) in [5, 5.41) is 8.86. The maximum atomic E-state index is 12.4. The average Bonchev–Trinajstić information content (AvgIpc) is 2.94. The second kappa shape index (κ2) is 20.2. The number of ketones is 1. The van der Waals surface area contributed by atoms with Gasteiger partial charge in [-0.2, -0.15) is 5.26 Å². The topological polar surface area (TPSA) is 50.1 Å². The average molecular weight is 502 g/mol. The molecule has 200 valence electrons. The number of unbranched alkanes of at least 4 members (excludes halogenated alkanes) is 15. The first-order valence-corrected chi connectivity index (χ1v) is 14.7. The molecule has 0 spiro atoms. The van der Waals surface area contributed by atoms with E-state index in [4.69, 9.17) is 10.00 Å². The van der Waals surface area contributed by atoms with Crippen molar-refractivity contribution in [3.05, 3.63) is 71.3 Å². The number of hydrogen-bond donors (Lipinski definition) is 0. The van der Waals surface area contributed by atoms with Crippen LogP contribution < -0.4 is 4.74 Å². The molecule has 0 aromatic heterocycles. The molecule has 0 amide bonds. The van der Waals surface area contributed by atoms with Crippen molar-refractivity contribution in [1.29, 1.82) is 5.26 Å². The zero-order valence-electron chi connectivity index (χ0n) is 23.1. The zero-order chi connectivity index (χ0) is 26.4. The van der Waals surface area contributed by atoms with E-state index in [1.165, 1.54) is 96.3 Å². The molecule has 0 heterocycles. The van der Waals surface area contributed by atoms with Gasteiger partial charge in [0.15, 0.2) is 5.78 Å². The molecule has 0 bridgehead atoms. The molecule has 0 aliphatic rings. The second-order valence-electron chi connectivity index (χ2n) is 10.1. The highest BCUT2D eigenvalue weighted by atomic mass is 16.5. The number of allylic oxidation sites excluding steroid dienone is 1. The van der Waals surface area contributed by atoms with Gasteiger partial charge < -0.3 is 4.74 Å². The molecule has 3 heteroatoms. The van der Waals surface area contributed by atoms with Gasteiger partial charge in [0.2, 0.25) is 0 Å². The van der Waals surface area contributed by atoms with Crippen molar-refractivity contribution in [1.82, 2.24) is 0 Å². The van der Waals surface area contributed by atoms with Crippen molar-refractivity contribution < 1.29 is 9.53 Å². The van der Waals surface area contributed by atoms with Crippen LogP contribution in [0.3, 0.4) is 0 Å². The van der Waals surface area contributed by atoms with Gasteiger partial charge in [0, 0.05) is 5.56 Å². The molecule has 3 nitrogen and oxygen atoms in total. The third-order valence-electron chi connectivity index (χ3n) is 6.87. The summed E-state index contributed by atoms with van der Waals surface area (Å²) in [5.41, 5.74) is 2.14. The second-order valence-corrected chi connectivity index (χ2v) is 10.1. The number of carbonyl (C=O) groups excluding carboxylic acids is 1. The number of ether oxygens (including phenoxy) is 1. The van der Waals surface area contributed by atoms with Gasteiger partial charge in [-0.05, 0) is 54.5 Å². The number of carbonyl (C=O) groups is 1. The molecule has 0 atom stereocenters. The lowest BCUT2D eigenvalue weighted by Gasteiger charge is -2.07. The van der Waals surface area contributed by atoms with Gasteiger partial charge in [0.05, 0.1) is 18.2 Å². The smallest absolute Gasteiger partial charge is 0.185 e. The Morgan fingerprint density at radius 1 is 0.703 bits per heavy atom. The molecule has 2 aromatic rings. The largest absolute Gasteiger partial charge is 0.494 e. The lowest BCUT2D eigenvalue weighted by molar-refractivity contribution is 0.104. The Hall–Kier alpha value is -2.86. The Bertz CT molecular complexity index is 922. The van der Waals surface area contributed by atoms with E-state index in [1.807, 2.05) is 36.4 Å². The summed E-state index contributed by atoms with van der Waals surface area (Å²) in [6.07, 6.45) is 25.2. The SMILES string of the molecule is CCCCCCCCCCCCCCCCCCOc1ccc(C(=O)/C=C/c2ccc(C#N)cc2)cc1. The highest BCUT2D eigenvalue weighted by Crippen LogP contribution is 2.16. The summed E-state index contributed by atoms with van der Waals surface area (Å²) in [4.78, 5) is 12.4. The highest BCUT2D eigenvalue weighted by molar-refractivity contribution is 6.06. The molecule has 2 rings (SSSR count). The molecule has 0 unspecified atom stereocenters. The van der Waals surface area contributed by atoms with Crippen molar-refractivity contribution in [2.75, 3.05) is 6.61 Å². The summed E-state index contributed by atoms with van der Waals surface area (Å²) < 4.78 is 5.86. The molecule has 0 aliphatic heterocycles. The summed E-state index contributed by atoms with van der Waals surface area (Å²) in [6.45, 7) is 3.01. The quantitative estimate of drug-likeness (QED) is 0.0971. The van der Waals surface area contributed by atoms with Crippen LogP contribution in [0.2, 0.25) is 0 Å². The Kier molecular flexibility index (Phi) is 16.6. The van der Waals surface area contributed by atoms with Crippen LogP contribution in [0.5, 0.6) is 5.75 Å². The van der Waals surface area contributed by atoms with E-state index in [9.17, 15) is 4.79 Å². The van der Waals surface area contributed by atoms with Crippen molar-refractivity contribution in [3.8, 4) is 11.8 Å². The van der Waals surface area contributed by atoms with Gasteiger partial charge in [-0.3, -0.25) is 4.79 Å². The van der Waals surface area contributed by atoms with E-state index >= 15 is 0 Å². The van der Waals surface area contributed by atoms with Crippen LogP contribution in [0.4, 0.5) is 0 Å². The maximum Gasteiger partial charge on any atom is 0.185 e. The number of benzene rings is 2. The van der Waals surface area contributed by atoms with Crippen LogP contribution in [-0.4, -0.2) is 12.4 Å². The van der Waals surface area contributed by atoms with Crippen molar-refractivity contribution >= 4 is 11.9 Å². The molecule has 0 saturated carbocycles. The van der Waals surface area contributed by atoms with E-state index in [2.05, 4.69) is 13.0 Å². The van der Waals surface area contributed by atoms with Gasteiger partial charge in [0.1, 0.15) is 5.75 Å². The Labute approximate surface area is 225 Å². The zero-order valence-corrected chi connectivity index (χ0v) is 23.1. The third-order valence-corrected chi connectivity index (χ3v) is 6.87. The fourth-order valence-electron chi connectivity index (χ4n) is 4.49. The predicted octanol–water partition coefficient (Wildman–Crippen LogP) is 10.1. The molecule has 0 aliphatic carbocycles. The minimum Gasteiger partial charge on any atom is -0.494 e. The van der Waals surface area contributed by atoms with Crippen LogP contribution in [0.1, 0.15) is 131 Å². The standard InChI is InChI=1S/C34H47NO2/c1-2-3-4-5-6-7-8-9-10-11-12-13-14-15-16-17-28-37-33-25-23-32(24-26-33)34(36)27-22-30-18-20-31(29-35)21-19-30/h18-27H,2-17,28H2,1H3/b27-22+. The molecular weight excluding hydrogens is 454 g/mol. The van der Waals surface area contributed by atoms with Crippen LogP contribution in [0.15, 0.2) is 54.6 Å². The van der Waals surface area contributed by atoms with Crippen LogP contribution in [0, 0.1) is 11.3 Å². The molecule has 0 fully saturated rings. The minimum atomic E-state index is -0.0475. The minimum absolute atomic E-state index is 0.0475. The molecule has 0 radical (unpaired) electrons. The van der Waals surface area contributed by atoms with E-state index < -0.39 is 0 Å². The Morgan fingerprint density at radius 3 is 1.68 bits per heavy atom. The third kappa shape index (κ3) is 14.5. The predicted molar refractivity (Wildman–Crippen MR) is 156 cm³/mol. The fraction of sp³-hybridized carbons (Fsp3) is 0.529. The van der Waals surface area contributed by atoms with Crippen molar-refractivity contribution in [3.63, 3.8) is 0 Å². The van der Waals surface area contributed by atoms with Crippen LogP contribution in [-0.2, 0) is 0 Å². The first kappa shape index (κ1) is 30.4. The number of hydrogen-bond acceptors (Lipinski definition) is 3. The highest BCUT2D eigenvalue weighted by Gasteiger charge is 2.03. The maximum absolute atomic E-state index is 12.4. The van der Waals surface area contributed by atoms with Gasteiger partial charge in [0.25, 0.3) is 0 Å². The molecule has 37 heavy (non-hydrogen) atoms. The lowest BCUT2D eigenvalue weighted by Crippen LogP contribution is -1.99. The molecular formula is C34H47NO2. The molecule has 2 aromatic carbocycles. The summed E-state index contributed by atoms with van der Waals surface area (Å²) in [6, 6.07) is 16.6. The Balaban J connectivity index is 1.44. The monoisotopic (exact) mass is 501 g/mol. The normalized spacial score (nSPS) is 11.0. The molecule has 0 N–H and O–H groups in total. The number of rotatable bonds is 21. The van der Waals surface area contributed by atoms with Crippen LogP contribution in [0.25, 0.3) is 6.08 Å². The molecule has 0 saturated heterocycles. The first-order chi connectivity index (χ1) is 18.2. The summed E-state index contributed by atoms with van der Waals surface area (Å²) in [7, 11) is 0. The number of nitrogens with zero attached hydrogens (tertiary/aromatic N) is 1. The van der Waals surface area contributed by atoms with Crippen LogP contribution >= 0.6 is 0 Å². The fourth-order valence-corrected chi connectivity index (χ4v) is 4.49.